The van der Waals surface area contributed by atoms with Crippen LogP contribution < -0.4 is 10.2 Å². The van der Waals surface area contributed by atoms with Crippen molar-refractivity contribution in [2.45, 2.75) is 6.04 Å². The molecular formula is C17H20F2N2+2. The summed E-state index contributed by atoms with van der Waals surface area (Å²) in [6.45, 7) is 4.29. The Balaban J connectivity index is 1.97. The molecule has 0 saturated carbocycles. The minimum absolute atomic E-state index is 0.139. The van der Waals surface area contributed by atoms with E-state index in [4.69, 9.17) is 0 Å². The van der Waals surface area contributed by atoms with Gasteiger partial charge in [-0.25, -0.2) is 8.78 Å². The lowest BCUT2D eigenvalue weighted by atomic mass is 9.96. The van der Waals surface area contributed by atoms with E-state index in [0.29, 0.717) is 0 Å². The maximum atomic E-state index is 13.2. The van der Waals surface area contributed by atoms with E-state index in [1.165, 1.54) is 29.2 Å². The summed E-state index contributed by atoms with van der Waals surface area (Å²) in [5, 5.41) is 2.32. The van der Waals surface area contributed by atoms with Gasteiger partial charge in [0.2, 0.25) is 0 Å². The van der Waals surface area contributed by atoms with E-state index < -0.39 is 0 Å². The SMILES string of the molecule is Fc1ccc(C(c2ccc(F)cc2)[NH+]2CC[NH2+]CC2)cc1. The number of hydrogen-bond acceptors (Lipinski definition) is 0. The van der Waals surface area contributed by atoms with Gasteiger partial charge in [0.05, 0.1) is 0 Å². The zero-order valence-corrected chi connectivity index (χ0v) is 11.9. The van der Waals surface area contributed by atoms with E-state index in [9.17, 15) is 8.78 Å². The maximum absolute atomic E-state index is 13.2. The molecule has 1 aliphatic heterocycles. The number of hydrogen-bond donors (Lipinski definition) is 2. The maximum Gasteiger partial charge on any atom is 0.139 e. The molecule has 3 N–H and O–H groups in total. The van der Waals surface area contributed by atoms with E-state index in [-0.39, 0.29) is 17.7 Å². The lowest BCUT2D eigenvalue weighted by Gasteiger charge is -2.31. The Morgan fingerprint density at radius 3 is 1.62 bits per heavy atom. The summed E-state index contributed by atoms with van der Waals surface area (Å²) in [5.74, 6) is -0.447. The Morgan fingerprint density at radius 2 is 1.19 bits per heavy atom. The fraction of sp³-hybridized carbons (Fsp3) is 0.294. The highest BCUT2D eigenvalue weighted by Gasteiger charge is 2.28. The van der Waals surface area contributed by atoms with Gasteiger partial charge in [0.15, 0.2) is 0 Å². The first kappa shape index (κ1) is 14.2. The van der Waals surface area contributed by atoms with Gasteiger partial charge in [-0.15, -0.1) is 0 Å². The Kier molecular flexibility index (Phi) is 4.27. The Hall–Kier alpha value is -1.78. The molecule has 3 rings (SSSR count). The van der Waals surface area contributed by atoms with Crippen molar-refractivity contribution in [2.75, 3.05) is 26.2 Å². The van der Waals surface area contributed by atoms with Gasteiger partial charge in [0.25, 0.3) is 0 Å². The topological polar surface area (TPSA) is 21.1 Å². The molecule has 0 aromatic heterocycles. The quantitative estimate of drug-likeness (QED) is 0.822. The molecule has 0 radical (unpaired) electrons. The molecule has 1 fully saturated rings. The Morgan fingerprint density at radius 1 is 0.762 bits per heavy atom. The summed E-state index contributed by atoms with van der Waals surface area (Å²) in [7, 11) is 0. The minimum Gasteiger partial charge on any atom is -0.337 e. The van der Waals surface area contributed by atoms with Gasteiger partial charge in [0, 0.05) is 11.1 Å². The van der Waals surface area contributed by atoms with Gasteiger partial charge < -0.3 is 10.2 Å². The second-order valence-corrected chi connectivity index (χ2v) is 5.56. The summed E-state index contributed by atoms with van der Waals surface area (Å²) in [6, 6.07) is 13.5. The van der Waals surface area contributed by atoms with Gasteiger partial charge >= 0.3 is 0 Å². The molecule has 110 valence electrons. The zero-order valence-electron chi connectivity index (χ0n) is 11.9. The fourth-order valence-electron chi connectivity index (χ4n) is 3.11. The van der Waals surface area contributed by atoms with E-state index in [2.05, 4.69) is 5.32 Å². The molecule has 0 aliphatic carbocycles. The lowest BCUT2D eigenvalue weighted by Crippen LogP contribution is -3.20. The molecule has 2 nitrogen and oxygen atoms in total. The van der Waals surface area contributed by atoms with Gasteiger partial charge in [-0.2, -0.15) is 0 Å². The summed E-state index contributed by atoms with van der Waals surface area (Å²) in [6.07, 6.45) is 0. The largest absolute Gasteiger partial charge is 0.337 e. The first-order valence-corrected chi connectivity index (χ1v) is 7.41. The van der Waals surface area contributed by atoms with Gasteiger partial charge in [-0.3, -0.25) is 0 Å². The van der Waals surface area contributed by atoms with Crippen LogP contribution in [0.2, 0.25) is 0 Å². The van der Waals surface area contributed by atoms with Crippen LogP contribution in [0, 0.1) is 11.6 Å². The highest BCUT2D eigenvalue weighted by Crippen LogP contribution is 2.20. The molecule has 4 heteroatoms. The number of nitrogens with two attached hydrogens (primary N) is 1. The molecular weight excluding hydrogens is 270 g/mol. The smallest absolute Gasteiger partial charge is 0.139 e. The van der Waals surface area contributed by atoms with Gasteiger partial charge in [-0.1, -0.05) is 0 Å². The van der Waals surface area contributed by atoms with Crippen molar-refractivity contribution in [3.63, 3.8) is 0 Å². The van der Waals surface area contributed by atoms with Crippen LogP contribution in [-0.4, -0.2) is 26.2 Å². The average Bonchev–Trinajstić information content (AvgIpc) is 2.52. The van der Waals surface area contributed by atoms with E-state index in [1.54, 1.807) is 0 Å². The van der Waals surface area contributed by atoms with Crippen LogP contribution in [0.15, 0.2) is 48.5 Å². The molecule has 21 heavy (non-hydrogen) atoms. The lowest BCUT2D eigenvalue weighted by molar-refractivity contribution is -0.967. The van der Waals surface area contributed by atoms with Crippen molar-refractivity contribution >= 4 is 0 Å². The summed E-state index contributed by atoms with van der Waals surface area (Å²) in [5.41, 5.74) is 2.17. The second-order valence-electron chi connectivity index (χ2n) is 5.56. The van der Waals surface area contributed by atoms with Crippen LogP contribution in [-0.2, 0) is 0 Å². The molecule has 1 saturated heterocycles. The van der Waals surface area contributed by atoms with Crippen LogP contribution in [0.5, 0.6) is 0 Å². The second kappa shape index (κ2) is 6.33. The van der Waals surface area contributed by atoms with E-state index in [1.807, 2.05) is 24.3 Å². The monoisotopic (exact) mass is 290 g/mol. The van der Waals surface area contributed by atoms with Crippen molar-refractivity contribution in [2.24, 2.45) is 0 Å². The Labute approximate surface area is 123 Å². The number of nitrogens with one attached hydrogen (secondary N) is 1. The number of rotatable bonds is 3. The Bertz CT molecular complexity index is 529. The van der Waals surface area contributed by atoms with Crippen molar-refractivity contribution in [1.29, 1.82) is 0 Å². The van der Waals surface area contributed by atoms with Crippen molar-refractivity contribution < 1.29 is 19.0 Å². The number of benzene rings is 2. The zero-order chi connectivity index (χ0) is 14.7. The highest BCUT2D eigenvalue weighted by molar-refractivity contribution is 5.30. The van der Waals surface area contributed by atoms with Gasteiger partial charge in [-0.05, 0) is 48.5 Å². The molecule has 1 heterocycles. The number of quaternary nitrogens is 2. The van der Waals surface area contributed by atoms with Crippen molar-refractivity contribution in [1.82, 2.24) is 0 Å². The summed E-state index contributed by atoms with van der Waals surface area (Å²) < 4.78 is 26.4. The van der Waals surface area contributed by atoms with E-state index >= 15 is 0 Å². The molecule has 0 spiro atoms. The minimum atomic E-state index is -0.224. The molecule has 2 aromatic rings. The first-order chi connectivity index (χ1) is 10.2. The highest BCUT2D eigenvalue weighted by atomic mass is 19.1. The summed E-state index contributed by atoms with van der Waals surface area (Å²) >= 11 is 0. The normalized spacial score (nSPS) is 16.3. The molecule has 0 atom stereocenters. The first-order valence-electron chi connectivity index (χ1n) is 7.41. The van der Waals surface area contributed by atoms with Crippen LogP contribution >= 0.6 is 0 Å². The van der Waals surface area contributed by atoms with Crippen molar-refractivity contribution in [3.8, 4) is 0 Å². The predicted molar refractivity (Wildman–Crippen MR) is 77.0 cm³/mol. The standard InChI is InChI=1S/C17H18F2N2/c18-15-5-1-13(2-6-15)17(21-11-9-20-10-12-21)14-3-7-16(19)8-4-14/h1-8,17,20H,9-12H2/p+2. The molecule has 2 aromatic carbocycles. The van der Waals surface area contributed by atoms with Gasteiger partial charge in [0.1, 0.15) is 43.9 Å². The third-order valence-corrected chi connectivity index (χ3v) is 4.15. The third-order valence-electron chi connectivity index (χ3n) is 4.15. The van der Waals surface area contributed by atoms with Crippen molar-refractivity contribution in [3.05, 3.63) is 71.3 Å². The van der Waals surface area contributed by atoms with Crippen LogP contribution in [0.1, 0.15) is 17.2 Å². The third kappa shape index (κ3) is 3.28. The number of halogens is 2. The molecule has 1 aliphatic rings. The molecule has 0 unspecified atom stereocenters. The molecule has 0 bridgehead atoms. The van der Waals surface area contributed by atoms with Crippen LogP contribution in [0.4, 0.5) is 8.78 Å². The van der Waals surface area contributed by atoms with E-state index in [0.717, 1.165) is 37.3 Å². The van der Waals surface area contributed by atoms with Crippen LogP contribution in [0.25, 0.3) is 0 Å². The fourth-order valence-corrected chi connectivity index (χ4v) is 3.11. The average molecular weight is 290 g/mol. The predicted octanol–water partition coefficient (Wildman–Crippen LogP) is 0.516. The number of piperazine rings is 1. The summed E-state index contributed by atoms with van der Waals surface area (Å²) in [4.78, 5) is 1.45. The molecule has 0 amide bonds. The van der Waals surface area contributed by atoms with Crippen LogP contribution in [0.3, 0.4) is 0 Å².